The number of piperidine rings is 1. The number of phenols is 1. The van der Waals surface area contributed by atoms with Crippen molar-refractivity contribution in [2.45, 2.75) is 31.8 Å². The van der Waals surface area contributed by atoms with Gasteiger partial charge in [0.2, 0.25) is 0 Å². The van der Waals surface area contributed by atoms with E-state index in [9.17, 15) is 5.11 Å². The predicted octanol–water partition coefficient (Wildman–Crippen LogP) is 2.62. The van der Waals surface area contributed by atoms with Crippen LogP contribution >= 0.6 is 11.6 Å². The summed E-state index contributed by atoms with van der Waals surface area (Å²) in [6, 6.07) is 5.30. The minimum absolute atomic E-state index is 0.249. The second-order valence-electron chi connectivity index (χ2n) is 5.32. The standard InChI is InChI=1S/C14H21ClN2O/c1-14(16-2)6-8-17(9-7-14)10-11-12(15)4-3-5-13(11)18/h3-5,16,18H,6-10H2,1-2H3. The Bertz CT molecular complexity index is 394. The van der Waals surface area contributed by atoms with Crippen LogP contribution in [0.1, 0.15) is 25.3 Å². The number of hydrogen-bond donors (Lipinski definition) is 2. The van der Waals surface area contributed by atoms with Crippen molar-refractivity contribution in [2.24, 2.45) is 0 Å². The number of nitrogens with one attached hydrogen (secondary N) is 1. The van der Waals surface area contributed by atoms with Gasteiger partial charge in [-0.05, 0) is 38.9 Å². The van der Waals surface area contributed by atoms with Crippen molar-refractivity contribution in [2.75, 3.05) is 20.1 Å². The number of nitrogens with zero attached hydrogens (tertiary/aromatic N) is 1. The van der Waals surface area contributed by atoms with Crippen LogP contribution < -0.4 is 5.32 Å². The fourth-order valence-corrected chi connectivity index (χ4v) is 2.61. The van der Waals surface area contributed by atoms with E-state index in [1.165, 1.54) is 0 Å². The average Bonchev–Trinajstić information content (AvgIpc) is 2.36. The average molecular weight is 269 g/mol. The van der Waals surface area contributed by atoms with Crippen molar-refractivity contribution >= 4 is 11.6 Å². The van der Waals surface area contributed by atoms with Gasteiger partial charge in [0.25, 0.3) is 0 Å². The molecular formula is C14H21ClN2O. The quantitative estimate of drug-likeness (QED) is 0.885. The first-order chi connectivity index (χ1) is 8.54. The van der Waals surface area contributed by atoms with Crippen LogP contribution in [0.5, 0.6) is 5.75 Å². The third-order valence-electron chi connectivity index (χ3n) is 4.04. The lowest BCUT2D eigenvalue weighted by Gasteiger charge is -2.39. The molecule has 2 N–H and O–H groups in total. The molecule has 0 amide bonds. The molecule has 1 aromatic rings. The molecule has 1 fully saturated rings. The first-order valence-corrected chi connectivity index (χ1v) is 6.79. The largest absolute Gasteiger partial charge is 0.508 e. The number of rotatable bonds is 3. The second-order valence-corrected chi connectivity index (χ2v) is 5.73. The fourth-order valence-electron chi connectivity index (χ4n) is 2.38. The number of aromatic hydroxyl groups is 1. The van der Waals surface area contributed by atoms with Crippen molar-refractivity contribution < 1.29 is 5.11 Å². The topological polar surface area (TPSA) is 35.5 Å². The number of hydrogen-bond acceptors (Lipinski definition) is 3. The molecule has 0 aliphatic carbocycles. The second kappa shape index (κ2) is 5.47. The van der Waals surface area contributed by atoms with Gasteiger partial charge in [-0.2, -0.15) is 0 Å². The van der Waals surface area contributed by atoms with Gasteiger partial charge in [-0.15, -0.1) is 0 Å². The monoisotopic (exact) mass is 268 g/mol. The summed E-state index contributed by atoms with van der Waals surface area (Å²) in [6.07, 6.45) is 2.24. The molecule has 0 atom stereocenters. The Hall–Kier alpha value is -0.770. The predicted molar refractivity (Wildman–Crippen MR) is 75.1 cm³/mol. The molecule has 1 heterocycles. The number of benzene rings is 1. The molecular weight excluding hydrogens is 248 g/mol. The van der Waals surface area contributed by atoms with Crippen molar-refractivity contribution in [3.05, 3.63) is 28.8 Å². The highest BCUT2D eigenvalue weighted by atomic mass is 35.5. The molecule has 1 saturated heterocycles. The molecule has 3 nitrogen and oxygen atoms in total. The molecule has 4 heteroatoms. The summed E-state index contributed by atoms with van der Waals surface area (Å²) in [5.74, 6) is 0.296. The van der Waals surface area contributed by atoms with Crippen molar-refractivity contribution in [1.82, 2.24) is 10.2 Å². The van der Waals surface area contributed by atoms with Crippen LogP contribution in [0, 0.1) is 0 Å². The van der Waals surface area contributed by atoms with Crippen LogP contribution in [0.2, 0.25) is 5.02 Å². The summed E-state index contributed by atoms with van der Waals surface area (Å²) in [5.41, 5.74) is 1.09. The zero-order valence-electron chi connectivity index (χ0n) is 11.0. The summed E-state index contributed by atoms with van der Waals surface area (Å²) in [7, 11) is 2.02. The molecule has 0 aromatic heterocycles. The Morgan fingerprint density at radius 1 is 1.39 bits per heavy atom. The zero-order chi connectivity index (χ0) is 13.2. The van der Waals surface area contributed by atoms with Gasteiger partial charge in [0.1, 0.15) is 5.75 Å². The summed E-state index contributed by atoms with van der Waals surface area (Å²) in [4.78, 5) is 2.35. The van der Waals surface area contributed by atoms with Gasteiger partial charge in [0.15, 0.2) is 0 Å². The summed E-state index contributed by atoms with van der Waals surface area (Å²) in [6.45, 7) is 5.05. The van der Waals surface area contributed by atoms with E-state index >= 15 is 0 Å². The highest BCUT2D eigenvalue weighted by Crippen LogP contribution is 2.29. The van der Waals surface area contributed by atoms with E-state index in [4.69, 9.17) is 11.6 Å². The summed E-state index contributed by atoms with van der Waals surface area (Å²) >= 11 is 6.13. The Morgan fingerprint density at radius 2 is 2.06 bits per heavy atom. The van der Waals surface area contributed by atoms with E-state index in [2.05, 4.69) is 17.1 Å². The number of likely N-dealkylation sites (tertiary alicyclic amines) is 1. The van der Waals surface area contributed by atoms with Gasteiger partial charge in [-0.25, -0.2) is 0 Å². The third kappa shape index (κ3) is 2.97. The van der Waals surface area contributed by atoms with Gasteiger partial charge in [-0.1, -0.05) is 17.7 Å². The van der Waals surface area contributed by atoms with Crippen LogP contribution in [-0.2, 0) is 6.54 Å². The lowest BCUT2D eigenvalue weighted by atomic mass is 9.90. The van der Waals surface area contributed by atoms with Gasteiger partial charge >= 0.3 is 0 Å². The van der Waals surface area contributed by atoms with E-state index in [0.717, 1.165) is 38.0 Å². The van der Waals surface area contributed by atoms with Gasteiger partial charge in [-0.3, -0.25) is 4.90 Å². The highest BCUT2D eigenvalue weighted by Gasteiger charge is 2.28. The minimum atomic E-state index is 0.249. The molecule has 0 saturated carbocycles. The van der Waals surface area contributed by atoms with E-state index in [1.807, 2.05) is 13.1 Å². The van der Waals surface area contributed by atoms with Crippen LogP contribution in [0.3, 0.4) is 0 Å². The third-order valence-corrected chi connectivity index (χ3v) is 4.39. The molecule has 18 heavy (non-hydrogen) atoms. The van der Waals surface area contributed by atoms with Gasteiger partial charge < -0.3 is 10.4 Å². The van der Waals surface area contributed by atoms with Crippen LogP contribution in [0.15, 0.2) is 18.2 Å². The van der Waals surface area contributed by atoms with Gasteiger partial charge in [0.05, 0.1) is 0 Å². The maximum atomic E-state index is 9.85. The fraction of sp³-hybridized carbons (Fsp3) is 0.571. The Labute approximate surface area is 114 Å². The minimum Gasteiger partial charge on any atom is -0.508 e. The Balaban J connectivity index is 2.00. The van der Waals surface area contributed by atoms with Crippen LogP contribution in [0.4, 0.5) is 0 Å². The normalized spacial score (nSPS) is 19.9. The SMILES string of the molecule is CNC1(C)CCN(Cc2c(O)cccc2Cl)CC1. The maximum Gasteiger partial charge on any atom is 0.121 e. The summed E-state index contributed by atoms with van der Waals surface area (Å²) < 4.78 is 0. The van der Waals surface area contributed by atoms with E-state index in [1.54, 1.807) is 12.1 Å². The highest BCUT2D eigenvalue weighted by molar-refractivity contribution is 6.31. The van der Waals surface area contributed by atoms with Crippen molar-refractivity contribution in [3.63, 3.8) is 0 Å². The Kier molecular flexibility index (Phi) is 4.15. The number of phenolic OH excluding ortho intramolecular Hbond substituents is 1. The molecule has 0 bridgehead atoms. The maximum absolute atomic E-state index is 9.85. The lowest BCUT2D eigenvalue weighted by Crippen LogP contribution is -2.49. The molecule has 1 aliphatic heterocycles. The van der Waals surface area contributed by atoms with Crippen LogP contribution in [0.25, 0.3) is 0 Å². The van der Waals surface area contributed by atoms with E-state index in [0.29, 0.717) is 10.8 Å². The lowest BCUT2D eigenvalue weighted by molar-refractivity contribution is 0.145. The molecule has 2 rings (SSSR count). The molecule has 1 aromatic carbocycles. The molecule has 1 aliphatic rings. The molecule has 0 spiro atoms. The first-order valence-electron chi connectivity index (χ1n) is 6.42. The molecule has 0 radical (unpaired) electrons. The molecule has 0 unspecified atom stereocenters. The number of halogens is 1. The smallest absolute Gasteiger partial charge is 0.121 e. The molecule has 100 valence electrons. The zero-order valence-corrected chi connectivity index (χ0v) is 11.8. The van der Waals surface area contributed by atoms with Crippen molar-refractivity contribution in [3.8, 4) is 5.75 Å². The van der Waals surface area contributed by atoms with E-state index < -0.39 is 0 Å². The first kappa shape index (κ1) is 13.7. The van der Waals surface area contributed by atoms with Crippen molar-refractivity contribution in [1.29, 1.82) is 0 Å². The Morgan fingerprint density at radius 3 is 2.61 bits per heavy atom. The van der Waals surface area contributed by atoms with E-state index in [-0.39, 0.29) is 5.54 Å². The van der Waals surface area contributed by atoms with Crippen LogP contribution in [-0.4, -0.2) is 35.7 Å². The summed E-state index contributed by atoms with van der Waals surface area (Å²) in [5, 5.41) is 13.9. The van der Waals surface area contributed by atoms with Gasteiger partial charge in [0, 0.05) is 35.8 Å².